The monoisotopic (exact) mass is 325 g/mol. The van der Waals surface area contributed by atoms with Crippen LogP contribution < -0.4 is 11.5 Å². The van der Waals surface area contributed by atoms with Gasteiger partial charge in [0.2, 0.25) is 5.78 Å². The van der Waals surface area contributed by atoms with Crippen LogP contribution in [0.15, 0.2) is 34.5 Å². The van der Waals surface area contributed by atoms with Crippen LogP contribution in [0.2, 0.25) is 0 Å². The first-order valence-electron chi connectivity index (χ1n) is 6.69. The van der Waals surface area contributed by atoms with E-state index in [1.54, 1.807) is 6.92 Å². The minimum Gasteiger partial charge on any atom is -0.454 e. The fourth-order valence-corrected chi connectivity index (χ4v) is 1.71. The molecule has 0 unspecified atom stereocenters. The number of amidine groups is 1. The fraction of sp³-hybridized carbons (Fsp3) is 0.267. The number of esters is 1. The molecule has 0 atom stereocenters. The van der Waals surface area contributed by atoms with Crippen LogP contribution in [0.4, 0.5) is 8.78 Å². The maximum atomic E-state index is 13.5. The van der Waals surface area contributed by atoms with E-state index in [9.17, 15) is 18.4 Å². The number of nitrogens with zero attached hydrogens (tertiary/aromatic N) is 1. The number of halogens is 2. The minimum absolute atomic E-state index is 0.0640. The standard InChI is InChI=1S/C15H17F2N3O3/c1-3-20-14(19)13(8(2)18)15(22)23-7-12(21)10-6-9(16)4-5-11(10)17/h4-6H,3,7,18H2,1-2H3,(H2,19,20)/b13-8+. The van der Waals surface area contributed by atoms with Gasteiger partial charge in [-0.15, -0.1) is 0 Å². The molecule has 0 aliphatic rings. The van der Waals surface area contributed by atoms with Crippen molar-refractivity contribution in [3.05, 3.63) is 46.7 Å². The summed E-state index contributed by atoms with van der Waals surface area (Å²) in [5.41, 5.74) is 10.5. The molecule has 0 saturated heterocycles. The summed E-state index contributed by atoms with van der Waals surface area (Å²) in [6.45, 7) is 2.67. The number of hydrogen-bond donors (Lipinski definition) is 2. The van der Waals surface area contributed by atoms with Crippen LogP contribution in [0, 0.1) is 11.6 Å². The number of hydrogen-bond acceptors (Lipinski definition) is 5. The summed E-state index contributed by atoms with van der Waals surface area (Å²) < 4.78 is 31.3. The van der Waals surface area contributed by atoms with E-state index < -0.39 is 35.6 Å². The lowest BCUT2D eigenvalue weighted by Gasteiger charge is -2.09. The Balaban J connectivity index is 2.86. The number of ether oxygens (including phenoxy) is 1. The summed E-state index contributed by atoms with van der Waals surface area (Å²) in [6.07, 6.45) is 0. The van der Waals surface area contributed by atoms with Gasteiger partial charge in [0, 0.05) is 12.2 Å². The van der Waals surface area contributed by atoms with Gasteiger partial charge in [0.15, 0.2) is 6.61 Å². The van der Waals surface area contributed by atoms with Crippen LogP contribution in [-0.4, -0.2) is 30.7 Å². The number of nitrogens with two attached hydrogens (primary N) is 2. The molecule has 4 N–H and O–H groups in total. The molecule has 0 saturated carbocycles. The second-order valence-corrected chi connectivity index (χ2v) is 4.54. The number of allylic oxidation sites excluding steroid dienone is 1. The first-order chi connectivity index (χ1) is 10.8. The molecular weight excluding hydrogens is 308 g/mol. The van der Waals surface area contributed by atoms with Crippen LogP contribution in [-0.2, 0) is 9.53 Å². The summed E-state index contributed by atoms with van der Waals surface area (Å²) >= 11 is 0. The van der Waals surface area contributed by atoms with E-state index in [4.69, 9.17) is 16.2 Å². The van der Waals surface area contributed by atoms with Crippen molar-refractivity contribution >= 4 is 17.6 Å². The molecule has 6 nitrogen and oxygen atoms in total. The molecule has 0 fully saturated rings. The van der Waals surface area contributed by atoms with Crippen LogP contribution >= 0.6 is 0 Å². The maximum Gasteiger partial charge on any atom is 0.344 e. The molecule has 1 rings (SSSR count). The van der Waals surface area contributed by atoms with Crippen LogP contribution in [0.1, 0.15) is 24.2 Å². The largest absolute Gasteiger partial charge is 0.454 e. The third kappa shape index (κ3) is 4.87. The maximum absolute atomic E-state index is 13.5. The zero-order valence-electron chi connectivity index (χ0n) is 12.7. The smallest absolute Gasteiger partial charge is 0.344 e. The van der Waals surface area contributed by atoms with Crippen molar-refractivity contribution in [3.63, 3.8) is 0 Å². The van der Waals surface area contributed by atoms with Gasteiger partial charge in [-0.05, 0) is 32.0 Å². The van der Waals surface area contributed by atoms with Gasteiger partial charge < -0.3 is 16.2 Å². The Labute approximate surface area is 131 Å². The highest BCUT2D eigenvalue weighted by atomic mass is 19.1. The van der Waals surface area contributed by atoms with Crippen molar-refractivity contribution < 1.29 is 23.1 Å². The Morgan fingerprint density at radius 2 is 1.91 bits per heavy atom. The summed E-state index contributed by atoms with van der Waals surface area (Å²) in [7, 11) is 0. The van der Waals surface area contributed by atoms with Crippen molar-refractivity contribution in [2.24, 2.45) is 16.5 Å². The molecule has 0 aromatic heterocycles. The number of benzene rings is 1. The lowest BCUT2D eigenvalue weighted by molar-refractivity contribution is -0.137. The predicted octanol–water partition coefficient (Wildman–Crippen LogP) is 1.30. The van der Waals surface area contributed by atoms with E-state index in [0.717, 1.165) is 18.2 Å². The third-order valence-corrected chi connectivity index (χ3v) is 2.75. The summed E-state index contributed by atoms with van der Waals surface area (Å²) in [6, 6.07) is 2.41. The average Bonchev–Trinajstić information content (AvgIpc) is 2.47. The molecule has 124 valence electrons. The molecule has 8 heteroatoms. The summed E-state index contributed by atoms with van der Waals surface area (Å²) in [4.78, 5) is 27.6. The first kappa shape index (κ1) is 18.3. The van der Waals surface area contributed by atoms with Crippen LogP contribution in [0.5, 0.6) is 0 Å². The molecule has 0 bridgehead atoms. The van der Waals surface area contributed by atoms with E-state index >= 15 is 0 Å². The lowest BCUT2D eigenvalue weighted by atomic mass is 10.1. The van der Waals surface area contributed by atoms with E-state index in [1.807, 2.05) is 0 Å². The third-order valence-electron chi connectivity index (χ3n) is 2.75. The van der Waals surface area contributed by atoms with Crippen molar-refractivity contribution in [2.45, 2.75) is 13.8 Å². The van der Waals surface area contributed by atoms with Gasteiger partial charge >= 0.3 is 5.97 Å². The number of aliphatic imine (C=N–C) groups is 1. The highest BCUT2D eigenvalue weighted by Gasteiger charge is 2.20. The molecule has 0 spiro atoms. The summed E-state index contributed by atoms with van der Waals surface area (Å²) in [5.74, 6) is -3.67. The predicted molar refractivity (Wildman–Crippen MR) is 80.7 cm³/mol. The Morgan fingerprint density at radius 1 is 1.26 bits per heavy atom. The Kier molecular flexibility index (Phi) is 6.37. The lowest BCUT2D eigenvalue weighted by Crippen LogP contribution is -2.28. The molecule has 1 aromatic carbocycles. The quantitative estimate of drug-likeness (QED) is 0.269. The Hall–Kier alpha value is -2.77. The van der Waals surface area contributed by atoms with Crippen molar-refractivity contribution in [3.8, 4) is 0 Å². The number of carbonyl (C=O) groups excluding carboxylic acids is 2. The molecule has 23 heavy (non-hydrogen) atoms. The van der Waals surface area contributed by atoms with E-state index in [0.29, 0.717) is 6.54 Å². The second-order valence-electron chi connectivity index (χ2n) is 4.54. The Morgan fingerprint density at radius 3 is 2.48 bits per heavy atom. The molecule has 1 aromatic rings. The van der Waals surface area contributed by atoms with Crippen molar-refractivity contribution in [1.29, 1.82) is 0 Å². The number of Topliss-reactive ketones (excluding diaryl/α,β-unsaturated/α-hetero) is 1. The van der Waals surface area contributed by atoms with E-state index in [-0.39, 0.29) is 17.1 Å². The highest BCUT2D eigenvalue weighted by molar-refractivity contribution is 6.19. The average molecular weight is 325 g/mol. The molecule has 0 radical (unpaired) electrons. The number of carbonyl (C=O) groups is 2. The van der Waals surface area contributed by atoms with Gasteiger partial charge in [0.1, 0.15) is 23.0 Å². The topological polar surface area (TPSA) is 108 Å². The minimum atomic E-state index is -0.968. The molecule has 0 aliphatic carbocycles. The zero-order valence-corrected chi connectivity index (χ0v) is 12.7. The normalized spacial score (nSPS) is 12.6. The SMILES string of the molecule is CCN=C(N)/C(C(=O)OCC(=O)c1cc(F)ccc1F)=C(/C)N. The Bertz CT molecular complexity index is 681. The molecular formula is C15H17F2N3O3. The number of rotatable bonds is 6. The fourth-order valence-electron chi connectivity index (χ4n) is 1.71. The van der Waals surface area contributed by atoms with E-state index in [2.05, 4.69) is 4.99 Å². The second kappa shape index (κ2) is 8.02. The van der Waals surface area contributed by atoms with Gasteiger partial charge in [-0.1, -0.05) is 0 Å². The van der Waals surface area contributed by atoms with Crippen molar-refractivity contribution in [1.82, 2.24) is 0 Å². The van der Waals surface area contributed by atoms with Gasteiger partial charge in [0.25, 0.3) is 0 Å². The first-order valence-corrected chi connectivity index (χ1v) is 6.69. The van der Waals surface area contributed by atoms with Crippen LogP contribution in [0.3, 0.4) is 0 Å². The van der Waals surface area contributed by atoms with Gasteiger partial charge in [-0.2, -0.15) is 0 Å². The van der Waals surface area contributed by atoms with Crippen molar-refractivity contribution in [2.75, 3.05) is 13.2 Å². The molecule has 0 heterocycles. The summed E-state index contributed by atoms with van der Waals surface area (Å²) in [5, 5.41) is 0. The molecule has 0 amide bonds. The van der Waals surface area contributed by atoms with Crippen LogP contribution in [0.25, 0.3) is 0 Å². The number of ketones is 1. The van der Waals surface area contributed by atoms with Gasteiger partial charge in [0.05, 0.1) is 5.56 Å². The van der Waals surface area contributed by atoms with E-state index in [1.165, 1.54) is 6.92 Å². The van der Waals surface area contributed by atoms with Gasteiger partial charge in [-0.3, -0.25) is 9.79 Å². The van der Waals surface area contributed by atoms with Gasteiger partial charge in [-0.25, -0.2) is 13.6 Å². The zero-order chi connectivity index (χ0) is 17.6. The molecule has 0 aliphatic heterocycles. The highest BCUT2D eigenvalue weighted by Crippen LogP contribution is 2.11.